The zero-order valence-corrected chi connectivity index (χ0v) is 13.3. The highest BCUT2D eigenvalue weighted by atomic mass is 14.9. The zero-order valence-electron chi connectivity index (χ0n) is 13.3. The van der Waals surface area contributed by atoms with Crippen molar-refractivity contribution in [2.24, 2.45) is 0 Å². The molecule has 0 aliphatic rings. The fraction of sp³-hybridized carbons (Fsp3) is 0. The van der Waals surface area contributed by atoms with Gasteiger partial charge in [-0.15, -0.1) is 0 Å². The molecule has 0 saturated heterocycles. The molecule has 3 nitrogen and oxygen atoms in total. The molecule has 6 rings (SSSR count). The average Bonchev–Trinajstić information content (AvgIpc) is 3.07. The lowest BCUT2D eigenvalue weighted by Gasteiger charge is -2.10. The Morgan fingerprint density at radius 3 is 2.20 bits per heavy atom. The van der Waals surface area contributed by atoms with Crippen LogP contribution in [0.5, 0.6) is 0 Å². The van der Waals surface area contributed by atoms with E-state index in [1.165, 1.54) is 27.2 Å². The molecule has 0 aliphatic heterocycles. The lowest BCUT2D eigenvalue weighted by atomic mass is 10.0. The summed E-state index contributed by atoms with van der Waals surface area (Å²) in [6.07, 6.45) is 3.56. The van der Waals surface area contributed by atoms with Crippen LogP contribution in [0.3, 0.4) is 0 Å². The highest BCUT2D eigenvalue weighted by molar-refractivity contribution is 6.16. The first-order valence-electron chi connectivity index (χ1n) is 8.34. The SMILES string of the molecule is c1ccc2cc3c(cc2c1)c1ncncc1c1cc2ccccc2n31. The van der Waals surface area contributed by atoms with Gasteiger partial charge in [0.15, 0.2) is 0 Å². The molecule has 3 heteroatoms. The maximum absolute atomic E-state index is 4.61. The summed E-state index contributed by atoms with van der Waals surface area (Å²) in [6, 6.07) is 23.7. The molecule has 0 radical (unpaired) electrons. The van der Waals surface area contributed by atoms with Crippen LogP contribution >= 0.6 is 0 Å². The molecule has 3 heterocycles. The molecular formula is C22H13N3. The monoisotopic (exact) mass is 319 g/mol. The van der Waals surface area contributed by atoms with E-state index < -0.39 is 0 Å². The van der Waals surface area contributed by atoms with Crippen LogP contribution in [0.15, 0.2) is 79.3 Å². The summed E-state index contributed by atoms with van der Waals surface area (Å²) in [5, 5.41) is 5.94. The zero-order chi connectivity index (χ0) is 16.4. The van der Waals surface area contributed by atoms with Gasteiger partial charge in [0, 0.05) is 22.4 Å². The second-order valence-electron chi connectivity index (χ2n) is 6.43. The molecule has 0 amide bonds. The van der Waals surface area contributed by atoms with Crippen molar-refractivity contribution >= 4 is 49.0 Å². The van der Waals surface area contributed by atoms with Crippen molar-refractivity contribution in [1.82, 2.24) is 14.4 Å². The Hall–Kier alpha value is -3.46. The third-order valence-electron chi connectivity index (χ3n) is 5.06. The van der Waals surface area contributed by atoms with Crippen molar-refractivity contribution in [1.29, 1.82) is 0 Å². The Morgan fingerprint density at radius 2 is 1.32 bits per heavy atom. The number of rotatable bonds is 0. The van der Waals surface area contributed by atoms with Crippen molar-refractivity contribution < 1.29 is 0 Å². The van der Waals surface area contributed by atoms with Gasteiger partial charge in [-0.25, -0.2) is 9.97 Å². The Balaban J connectivity index is 2.03. The van der Waals surface area contributed by atoms with Gasteiger partial charge in [0.25, 0.3) is 0 Å². The third-order valence-corrected chi connectivity index (χ3v) is 5.06. The molecule has 3 aromatic heterocycles. The number of benzene rings is 3. The predicted molar refractivity (Wildman–Crippen MR) is 103 cm³/mol. The molecule has 0 unspecified atom stereocenters. The van der Waals surface area contributed by atoms with Crippen molar-refractivity contribution in [3.8, 4) is 0 Å². The van der Waals surface area contributed by atoms with Crippen LogP contribution in [0.2, 0.25) is 0 Å². The maximum atomic E-state index is 4.61. The predicted octanol–water partition coefficient (Wildman–Crippen LogP) is 5.34. The average molecular weight is 319 g/mol. The van der Waals surface area contributed by atoms with Gasteiger partial charge < -0.3 is 4.40 Å². The summed E-state index contributed by atoms with van der Waals surface area (Å²) in [5.74, 6) is 0. The lowest BCUT2D eigenvalue weighted by molar-refractivity contribution is 1.22. The van der Waals surface area contributed by atoms with E-state index in [4.69, 9.17) is 0 Å². The topological polar surface area (TPSA) is 30.2 Å². The number of pyridine rings is 1. The first kappa shape index (κ1) is 12.9. The van der Waals surface area contributed by atoms with Gasteiger partial charge in [-0.1, -0.05) is 42.5 Å². The molecule has 0 spiro atoms. The number of hydrogen-bond donors (Lipinski definition) is 0. The van der Waals surface area contributed by atoms with E-state index in [2.05, 4.69) is 81.1 Å². The number of para-hydroxylation sites is 1. The van der Waals surface area contributed by atoms with Crippen LogP contribution in [0.4, 0.5) is 0 Å². The lowest BCUT2D eigenvalue weighted by Crippen LogP contribution is -1.93. The van der Waals surface area contributed by atoms with E-state index in [1.807, 2.05) is 6.20 Å². The van der Waals surface area contributed by atoms with Gasteiger partial charge >= 0.3 is 0 Å². The van der Waals surface area contributed by atoms with Crippen LogP contribution in [0.25, 0.3) is 49.0 Å². The first-order chi connectivity index (χ1) is 12.4. The van der Waals surface area contributed by atoms with Gasteiger partial charge in [0.1, 0.15) is 6.33 Å². The minimum Gasteiger partial charge on any atom is -0.308 e. The molecule has 0 saturated carbocycles. The molecule has 0 aliphatic carbocycles. The second kappa shape index (κ2) is 4.54. The molecule has 25 heavy (non-hydrogen) atoms. The number of fused-ring (bicyclic) bond motifs is 9. The van der Waals surface area contributed by atoms with Gasteiger partial charge in [0.2, 0.25) is 0 Å². The van der Waals surface area contributed by atoms with E-state index in [0.717, 1.165) is 21.8 Å². The number of hydrogen-bond acceptors (Lipinski definition) is 2. The Kier molecular flexibility index (Phi) is 2.35. The van der Waals surface area contributed by atoms with Crippen molar-refractivity contribution in [2.75, 3.05) is 0 Å². The minimum atomic E-state index is 1.01. The number of nitrogens with zero attached hydrogens (tertiary/aromatic N) is 3. The van der Waals surface area contributed by atoms with Crippen molar-refractivity contribution in [2.45, 2.75) is 0 Å². The van der Waals surface area contributed by atoms with Crippen LogP contribution in [0.1, 0.15) is 0 Å². The highest BCUT2D eigenvalue weighted by Crippen LogP contribution is 2.34. The van der Waals surface area contributed by atoms with E-state index in [-0.39, 0.29) is 0 Å². The minimum absolute atomic E-state index is 1.01. The summed E-state index contributed by atoms with van der Waals surface area (Å²) < 4.78 is 2.34. The highest BCUT2D eigenvalue weighted by Gasteiger charge is 2.13. The Morgan fingerprint density at radius 1 is 0.640 bits per heavy atom. The normalized spacial score (nSPS) is 12.0. The first-order valence-corrected chi connectivity index (χ1v) is 8.34. The Bertz CT molecular complexity index is 1440. The van der Waals surface area contributed by atoms with Crippen LogP contribution < -0.4 is 0 Å². The molecule has 0 atom stereocenters. The third kappa shape index (κ3) is 1.64. The van der Waals surface area contributed by atoms with Crippen molar-refractivity contribution in [3.63, 3.8) is 0 Å². The van der Waals surface area contributed by atoms with Gasteiger partial charge in [-0.3, -0.25) is 0 Å². The summed E-state index contributed by atoms with van der Waals surface area (Å²) in [6.45, 7) is 0. The fourth-order valence-corrected chi connectivity index (χ4v) is 3.95. The maximum Gasteiger partial charge on any atom is 0.116 e. The van der Waals surface area contributed by atoms with Crippen molar-refractivity contribution in [3.05, 3.63) is 79.3 Å². The fourth-order valence-electron chi connectivity index (χ4n) is 3.95. The molecule has 0 N–H and O–H groups in total. The largest absolute Gasteiger partial charge is 0.308 e. The quantitative estimate of drug-likeness (QED) is 0.279. The molecular weight excluding hydrogens is 306 g/mol. The van der Waals surface area contributed by atoms with E-state index in [1.54, 1.807) is 6.33 Å². The second-order valence-corrected chi connectivity index (χ2v) is 6.43. The van der Waals surface area contributed by atoms with Gasteiger partial charge in [-0.05, 0) is 35.0 Å². The molecule has 0 fully saturated rings. The summed E-state index contributed by atoms with van der Waals surface area (Å²) in [5.41, 5.74) is 4.55. The van der Waals surface area contributed by atoms with E-state index in [0.29, 0.717) is 0 Å². The van der Waals surface area contributed by atoms with Gasteiger partial charge in [0.05, 0.1) is 22.1 Å². The molecule has 3 aromatic carbocycles. The summed E-state index contributed by atoms with van der Waals surface area (Å²) in [7, 11) is 0. The van der Waals surface area contributed by atoms with Crippen LogP contribution in [0, 0.1) is 0 Å². The summed E-state index contributed by atoms with van der Waals surface area (Å²) in [4.78, 5) is 8.89. The number of aromatic nitrogens is 3. The van der Waals surface area contributed by atoms with Gasteiger partial charge in [-0.2, -0.15) is 0 Å². The molecule has 0 bridgehead atoms. The van der Waals surface area contributed by atoms with E-state index in [9.17, 15) is 0 Å². The molecule has 116 valence electrons. The van der Waals surface area contributed by atoms with Crippen LogP contribution in [-0.4, -0.2) is 14.4 Å². The van der Waals surface area contributed by atoms with E-state index >= 15 is 0 Å². The summed E-state index contributed by atoms with van der Waals surface area (Å²) >= 11 is 0. The van der Waals surface area contributed by atoms with Crippen LogP contribution in [-0.2, 0) is 0 Å². The smallest absolute Gasteiger partial charge is 0.116 e. The Labute approximate surface area is 143 Å². The molecule has 6 aromatic rings. The standard InChI is InChI=1S/C22H13N3/c1-2-6-15-10-20-17(9-14(15)5-1)22-18(12-23-13-24-22)21-11-16-7-3-4-8-19(16)25(20)21/h1-13H.